The minimum atomic E-state index is -1.12. The monoisotopic (exact) mass is 255 g/mol. The van der Waals surface area contributed by atoms with E-state index in [1.165, 1.54) is 11.1 Å². The normalized spacial score (nSPS) is 14.2. The van der Waals surface area contributed by atoms with E-state index in [-0.39, 0.29) is 6.54 Å². The van der Waals surface area contributed by atoms with E-state index in [1.54, 1.807) is 0 Å². The number of rotatable bonds is 3. The van der Waals surface area contributed by atoms with Crippen molar-refractivity contribution >= 4 is 0 Å². The first-order valence-corrected chi connectivity index (χ1v) is 6.55. The Kier molecular flexibility index (Phi) is 3.74. The molecule has 1 unspecified atom stereocenters. The van der Waals surface area contributed by atoms with E-state index in [4.69, 9.17) is 5.73 Å². The van der Waals surface area contributed by atoms with Gasteiger partial charge in [-0.1, -0.05) is 42.5 Å². The summed E-state index contributed by atoms with van der Waals surface area (Å²) in [4.78, 5) is 0. The molecule has 2 aromatic rings. The molecule has 2 nitrogen and oxygen atoms in total. The highest BCUT2D eigenvalue weighted by atomic mass is 16.3. The number of hydrogen-bond donors (Lipinski definition) is 2. The van der Waals surface area contributed by atoms with Gasteiger partial charge in [-0.25, -0.2) is 0 Å². The van der Waals surface area contributed by atoms with E-state index in [0.29, 0.717) is 0 Å². The third-order valence-electron chi connectivity index (χ3n) is 3.83. The zero-order valence-electron chi connectivity index (χ0n) is 11.8. The summed E-state index contributed by atoms with van der Waals surface area (Å²) < 4.78 is 0. The van der Waals surface area contributed by atoms with Crippen LogP contribution in [0.4, 0.5) is 0 Å². The molecule has 100 valence electrons. The molecule has 19 heavy (non-hydrogen) atoms. The second-order valence-corrected chi connectivity index (χ2v) is 5.18. The average molecular weight is 255 g/mol. The molecule has 1 atom stereocenters. The molecule has 3 N–H and O–H groups in total. The van der Waals surface area contributed by atoms with Crippen LogP contribution in [-0.2, 0) is 5.60 Å². The molecule has 0 radical (unpaired) electrons. The number of aliphatic hydroxyl groups is 1. The SMILES string of the molecule is Cc1cc(C)c(C(O)(CN)c2ccccc2)cc1C. The topological polar surface area (TPSA) is 46.2 Å². The summed E-state index contributed by atoms with van der Waals surface area (Å²) in [6.45, 7) is 6.32. The number of benzene rings is 2. The van der Waals surface area contributed by atoms with Crippen molar-refractivity contribution in [2.24, 2.45) is 5.73 Å². The first kappa shape index (κ1) is 13.8. The Labute approximate surface area is 114 Å². The summed E-state index contributed by atoms with van der Waals surface area (Å²) in [5, 5.41) is 11.0. The van der Waals surface area contributed by atoms with Crippen molar-refractivity contribution in [3.05, 3.63) is 70.3 Å². The zero-order chi connectivity index (χ0) is 14.0. The van der Waals surface area contributed by atoms with Crippen LogP contribution in [0.3, 0.4) is 0 Å². The van der Waals surface area contributed by atoms with E-state index in [2.05, 4.69) is 19.9 Å². The summed E-state index contributed by atoms with van der Waals surface area (Å²) in [7, 11) is 0. The third kappa shape index (κ3) is 2.42. The van der Waals surface area contributed by atoms with Gasteiger partial charge in [0.15, 0.2) is 0 Å². The lowest BCUT2D eigenvalue weighted by Crippen LogP contribution is -2.37. The van der Waals surface area contributed by atoms with E-state index in [0.717, 1.165) is 16.7 Å². The fourth-order valence-electron chi connectivity index (χ4n) is 2.50. The van der Waals surface area contributed by atoms with Crippen molar-refractivity contribution in [3.8, 4) is 0 Å². The van der Waals surface area contributed by atoms with Gasteiger partial charge in [0.05, 0.1) is 0 Å². The van der Waals surface area contributed by atoms with Gasteiger partial charge >= 0.3 is 0 Å². The average Bonchev–Trinajstić information content (AvgIpc) is 2.43. The maximum atomic E-state index is 11.0. The Morgan fingerprint density at radius 1 is 0.947 bits per heavy atom. The molecule has 0 aliphatic rings. The van der Waals surface area contributed by atoms with Crippen molar-refractivity contribution in [1.82, 2.24) is 0 Å². The molecule has 0 aromatic heterocycles. The van der Waals surface area contributed by atoms with Gasteiger partial charge in [0.25, 0.3) is 0 Å². The van der Waals surface area contributed by atoms with Gasteiger partial charge in [-0.2, -0.15) is 0 Å². The minimum Gasteiger partial charge on any atom is -0.379 e. The van der Waals surface area contributed by atoms with Crippen molar-refractivity contribution < 1.29 is 5.11 Å². The predicted molar refractivity (Wildman–Crippen MR) is 79.1 cm³/mol. The summed E-state index contributed by atoms with van der Waals surface area (Å²) in [6, 6.07) is 13.8. The summed E-state index contributed by atoms with van der Waals surface area (Å²) in [5.41, 5.74) is 9.96. The van der Waals surface area contributed by atoms with E-state index in [9.17, 15) is 5.11 Å². The van der Waals surface area contributed by atoms with Crippen molar-refractivity contribution in [1.29, 1.82) is 0 Å². The Balaban J connectivity index is 2.63. The molecule has 0 aliphatic heterocycles. The summed E-state index contributed by atoms with van der Waals surface area (Å²) in [6.07, 6.45) is 0. The summed E-state index contributed by atoms with van der Waals surface area (Å²) >= 11 is 0. The molecule has 0 saturated carbocycles. The zero-order valence-corrected chi connectivity index (χ0v) is 11.8. The Morgan fingerprint density at radius 2 is 1.53 bits per heavy atom. The third-order valence-corrected chi connectivity index (χ3v) is 3.83. The van der Waals surface area contributed by atoms with Crippen molar-refractivity contribution in [2.45, 2.75) is 26.4 Å². The molecular formula is C17H21NO. The summed E-state index contributed by atoms with van der Waals surface area (Å²) in [5.74, 6) is 0. The van der Waals surface area contributed by atoms with Gasteiger partial charge in [-0.05, 0) is 48.6 Å². The van der Waals surface area contributed by atoms with Crippen LogP contribution in [0.25, 0.3) is 0 Å². The van der Waals surface area contributed by atoms with Crippen molar-refractivity contribution in [3.63, 3.8) is 0 Å². The molecule has 2 heteroatoms. The molecule has 2 aromatic carbocycles. The standard InChI is InChI=1S/C17H21NO/c1-12-9-14(3)16(10-13(12)2)17(19,11-18)15-7-5-4-6-8-15/h4-10,19H,11,18H2,1-3H3. The smallest absolute Gasteiger partial charge is 0.127 e. The molecule has 0 spiro atoms. The minimum absolute atomic E-state index is 0.167. The van der Waals surface area contributed by atoms with Gasteiger partial charge in [0.2, 0.25) is 0 Å². The van der Waals surface area contributed by atoms with E-state index >= 15 is 0 Å². The fourth-order valence-corrected chi connectivity index (χ4v) is 2.50. The van der Waals surface area contributed by atoms with Crippen LogP contribution in [0, 0.1) is 20.8 Å². The first-order chi connectivity index (χ1) is 8.99. The van der Waals surface area contributed by atoms with Gasteiger partial charge in [-0.3, -0.25) is 0 Å². The van der Waals surface area contributed by atoms with Crippen LogP contribution in [-0.4, -0.2) is 11.7 Å². The van der Waals surface area contributed by atoms with E-state index < -0.39 is 5.60 Å². The lowest BCUT2D eigenvalue weighted by atomic mass is 9.82. The molecule has 0 aliphatic carbocycles. The Hall–Kier alpha value is -1.64. The largest absolute Gasteiger partial charge is 0.379 e. The molecule has 0 bridgehead atoms. The highest BCUT2D eigenvalue weighted by Crippen LogP contribution is 2.32. The molecule has 0 saturated heterocycles. The number of aryl methyl sites for hydroxylation is 3. The number of hydrogen-bond acceptors (Lipinski definition) is 2. The predicted octanol–water partition coefficient (Wildman–Crippen LogP) is 2.81. The van der Waals surface area contributed by atoms with Gasteiger partial charge in [-0.15, -0.1) is 0 Å². The maximum Gasteiger partial charge on any atom is 0.127 e. The van der Waals surface area contributed by atoms with Crippen LogP contribution in [0.5, 0.6) is 0 Å². The van der Waals surface area contributed by atoms with E-state index in [1.807, 2.05) is 43.3 Å². The molecule has 0 heterocycles. The molecular weight excluding hydrogens is 234 g/mol. The lowest BCUT2D eigenvalue weighted by molar-refractivity contribution is 0.0895. The second-order valence-electron chi connectivity index (χ2n) is 5.18. The van der Waals surface area contributed by atoms with Crippen LogP contribution in [0.1, 0.15) is 27.8 Å². The molecule has 2 rings (SSSR count). The molecule has 0 fully saturated rings. The van der Waals surface area contributed by atoms with Gasteiger partial charge in [0, 0.05) is 6.54 Å². The number of nitrogens with two attached hydrogens (primary N) is 1. The second kappa shape index (κ2) is 5.16. The highest BCUT2D eigenvalue weighted by molar-refractivity contribution is 5.45. The van der Waals surface area contributed by atoms with Crippen LogP contribution in [0.2, 0.25) is 0 Å². The van der Waals surface area contributed by atoms with Gasteiger partial charge in [0.1, 0.15) is 5.60 Å². The maximum absolute atomic E-state index is 11.0. The quantitative estimate of drug-likeness (QED) is 0.886. The highest BCUT2D eigenvalue weighted by Gasteiger charge is 2.31. The van der Waals surface area contributed by atoms with Crippen LogP contribution < -0.4 is 5.73 Å². The fraction of sp³-hybridized carbons (Fsp3) is 0.294. The first-order valence-electron chi connectivity index (χ1n) is 6.55. The Bertz CT molecular complexity index is 577. The van der Waals surface area contributed by atoms with Crippen LogP contribution in [0.15, 0.2) is 42.5 Å². The van der Waals surface area contributed by atoms with Gasteiger partial charge < -0.3 is 10.8 Å². The molecule has 0 amide bonds. The van der Waals surface area contributed by atoms with Crippen LogP contribution >= 0.6 is 0 Å². The van der Waals surface area contributed by atoms with Crippen molar-refractivity contribution in [2.75, 3.05) is 6.54 Å². The Morgan fingerprint density at radius 3 is 2.11 bits per heavy atom. The lowest BCUT2D eigenvalue weighted by Gasteiger charge is -2.30.